The zero-order valence-electron chi connectivity index (χ0n) is 14.5. The third-order valence-corrected chi connectivity index (χ3v) is 4.86. The van der Waals surface area contributed by atoms with Gasteiger partial charge in [0.05, 0.1) is 11.9 Å². The van der Waals surface area contributed by atoms with Gasteiger partial charge in [0.2, 0.25) is 5.91 Å². The molecule has 5 heteroatoms. The summed E-state index contributed by atoms with van der Waals surface area (Å²) in [6.07, 6.45) is 4.57. The van der Waals surface area contributed by atoms with Gasteiger partial charge in [0, 0.05) is 31.3 Å². The molecule has 2 unspecified atom stereocenters. The van der Waals surface area contributed by atoms with Crippen molar-refractivity contribution in [2.45, 2.75) is 18.9 Å². The molecular formula is C21H20FN3O. The fourth-order valence-electron chi connectivity index (χ4n) is 3.34. The largest absolute Gasteiger partial charge is 0.341 e. The highest BCUT2D eigenvalue weighted by Gasteiger charge is 2.45. The van der Waals surface area contributed by atoms with Crippen LogP contribution in [0.2, 0.25) is 0 Å². The first-order valence-corrected chi connectivity index (χ1v) is 8.71. The number of para-hydroxylation sites is 1. The Morgan fingerprint density at radius 1 is 1.19 bits per heavy atom. The zero-order chi connectivity index (χ0) is 18.1. The van der Waals surface area contributed by atoms with Crippen molar-refractivity contribution in [1.82, 2.24) is 14.7 Å². The van der Waals surface area contributed by atoms with E-state index in [1.54, 1.807) is 23.2 Å². The highest BCUT2D eigenvalue weighted by Crippen LogP contribution is 2.48. The molecule has 132 valence electrons. The molecular weight excluding hydrogens is 329 g/mol. The van der Waals surface area contributed by atoms with E-state index in [-0.39, 0.29) is 23.6 Å². The van der Waals surface area contributed by atoms with Crippen LogP contribution in [-0.4, -0.2) is 27.6 Å². The Morgan fingerprint density at radius 2 is 1.92 bits per heavy atom. The Balaban J connectivity index is 1.38. The molecule has 3 aromatic rings. The molecule has 0 aliphatic heterocycles. The van der Waals surface area contributed by atoms with Crippen LogP contribution in [0, 0.1) is 11.7 Å². The first kappa shape index (κ1) is 16.5. The van der Waals surface area contributed by atoms with Crippen LogP contribution in [0.15, 0.2) is 67.0 Å². The minimum absolute atomic E-state index is 0.00497. The summed E-state index contributed by atoms with van der Waals surface area (Å²) >= 11 is 0. The predicted octanol–water partition coefficient (Wildman–Crippen LogP) is 3.77. The van der Waals surface area contributed by atoms with Crippen molar-refractivity contribution in [3.63, 3.8) is 0 Å². The number of aromatic nitrogens is 2. The van der Waals surface area contributed by atoms with Crippen LogP contribution in [0.5, 0.6) is 0 Å². The highest BCUT2D eigenvalue weighted by atomic mass is 19.1. The second-order valence-corrected chi connectivity index (χ2v) is 6.82. The summed E-state index contributed by atoms with van der Waals surface area (Å²) in [6, 6.07) is 16.3. The second kappa shape index (κ2) is 6.75. The van der Waals surface area contributed by atoms with Crippen LogP contribution in [0.3, 0.4) is 0 Å². The van der Waals surface area contributed by atoms with Crippen LogP contribution in [0.25, 0.3) is 5.69 Å². The first-order chi connectivity index (χ1) is 12.6. The molecule has 0 bridgehead atoms. The molecule has 0 saturated heterocycles. The van der Waals surface area contributed by atoms with Gasteiger partial charge in [0.15, 0.2) is 0 Å². The average molecular weight is 349 g/mol. The molecule has 26 heavy (non-hydrogen) atoms. The highest BCUT2D eigenvalue weighted by molar-refractivity contribution is 5.82. The van der Waals surface area contributed by atoms with Crippen LogP contribution in [-0.2, 0) is 11.3 Å². The van der Waals surface area contributed by atoms with E-state index in [0.717, 1.165) is 23.2 Å². The summed E-state index contributed by atoms with van der Waals surface area (Å²) in [7, 11) is 1.82. The van der Waals surface area contributed by atoms with Gasteiger partial charge in [-0.3, -0.25) is 4.79 Å². The van der Waals surface area contributed by atoms with Crippen LogP contribution < -0.4 is 0 Å². The Bertz CT molecular complexity index is 905. The van der Waals surface area contributed by atoms with E-state index in [9.17, 15) is 9.18 Å². The number of halogens is 1. The van der Waals surface area contributed by atoms with Gasteiger partial charge < -0.3 is 4.90 Å². The maximum atomic E-state index is 13.0. The van der Waals surface area contributed by atoms with Crippen molar-refractivity contribution in [2.24, 2.45) is 5.92 Å². The van der Waals surface area contributed by atoms with E-state index < -0.39 is 0 Å². The fourth-order valence-corrected chi connectivity index (χ4v) is 3.34. The number of rotatable bonds is 5. The lowest BCUT2D eigenvalue weighted by molar-refractivity contribution is -0.131. The summed E-state index contributed by atoms with van der Waals surface area (Å²) in [4.78, 5) is 14.4. The van der Waals surface area contributed by atoms with Gasteiger partial charge in [-0.05, 0) is 42.2 Å². The Morgan fingerprint density at radius 3 is 2.65 bits per heavy atom. The molecule has 1 aromatic heterocycles. The number of hydrogen-bond acceptors (Lipinski definition) is 2. The third-order valence-electron chi connectivity index (χ3n) is 4.86. The monoisotopic (exact) mass is 349 g/mol. The van der Waals surface area contributed by atoms with Gasteiger partial charge >= 0.3 is 0 Å². The molecule has 0 spiro atoms. The van der Waals surface area contributed by atoms with E-state index in [2.05, 4.69) is 5.10 Å². The lowest BCUT2D eigenvalue weighted by atomic mass is 10.1. The average Bonchev–Trinajstić information content (AvgIpc) is 3.33. The van der Waals surface area contributed by atoms with Crippen LogP contribution in [0.1, 0.15) is 23.5 Å². The Kier molecular flexibility index (Phi) is 4.29. The number of carbonyl (C=O) groups is 1. The van der Waals surface area contributed by atoms with Crippen molar-refractivity contribution >= 4 is 5.91 Å². The van der Waals surface area contributed by atoms with Gasteiger partial charge in [-0.25, -0.2) is 9.07 Å². The molecule has 2 atom stereocenters. The quantitative estimate of drug-likeness (QED) is 0.703. The smallest absolute Gasteiger partial charge is 0.226 e. The van der Waals surface area contributed by atoms with Crippen molar-refractivity contribution in [3.8, 4) is 5.69 Å². The van der Waals surface area contributed by atoms with Crippen molar-refractivity contribution < 1.29 is 9.18 Å². The molecule has 1 heterocycles. The molecule has 0 radical (unpaired) electrons. The van der Waals surface area contributed by atoms with Crippen LogP contribution >= 0.6 is 0 Å². The molecule has 1 amide bonds. The van der Waals surface area contributed by atoms with Gasteiger partial charge in [0.25, 0.3) is 0 Å². The van der Waals surface area contributed by atoms with Gasteiger partial charge in [-0.2, -0.15) is 5.10 Å². The standard InChI is InChI=1S/C21H20FN3O/c1-24(13-15-12-23-25(14-15)18-5-3-2-4-6-18)21(26)20-11-19(20)16-7-9-17(22)10-8-16/h2-10,12,14,19-20H,11,13H2,1H3. The topological polar surface area (TPSA) is 38.1 Å². The molecule has 1 saturated carbocycles. The maximum Gasteiger partial charge on any atom is 0.226 e. The molecule has 4 nitrogen and oxygen atoms in total. The summed E-state index contributed by atoms with van der Waals surface area (Å²) in [6.45, 7) is 0.526. The number of benzene rings is 2. The second-order valence-electron chi connectivity index (χ2n) is 6.82. The Labute approximate surface area is 151 Å². The molecule has 1 aliphatic carbocycles. The van der Waals surface area contributed by atoms with E-state index >= 15 is 0 Å². The number of nitrogens with zero attached hydrogens (tertiary/aromatic N) is 3. The van der Waals surface area contributed by atoms with E-state index in [1.165, 1.54) is 12.1 Å². The fraction of sp³-hybridized carbons (Fsp3) is 0.238. The molecule has 4 rings (SSSR count). The maximum absolute atomic E-state index is 13.0. The normalized spacial score (nSPS) is 18.5. The van der Waals surface area contributed by atoms with E-state index in [1.807, 2.05) is 48.3 Å². The lowest BCUT2D eigenvalue weighted by Crippen LogP contribution is -2.27. The summed E-state index contributed by atoms with van der Waals surface area (Å²) in [5.74, 6) is 0.0869. The lowest BCUT2D eigenvalue weighted by Gasteiger charge is -2.16. The van der Waals surface area contributed by atoms with Gasteiger partial charge in [-0.1, -0.05) is 30.3 Å². The predicted molar refractivity (Wildman–Crippen MR) is 97.3 cm³/mol. The molecule has 2 aromatic carbocycles. The molecule has 1 fully saturated rings. The van der Waals surface area contributed by atoms with Crippen molar-refractivity contribution in [2.75, 3.05) is 7.05 Å². The van der Waals surface area contributed by atoms with Gasteiger partial charge in [0.1, 0.15) is 5.82 Å². The van der Waals surface area contributed by atoms with E-state index in [0.29, 0.717) is 6.54 Å². The number of amides is 1. The summed E-state index contributed by atoms with van der Waals surface area (Å²) in [5, 5.41) is 4.37. The number of carbonyl (C=O) groups excluding carboxylic acids is 1. The molecule has 1 aliphatic rings. The van der Waals surface area contributed by atoms with Crippen molar-refractivity contribution in [3.05, 3.63) is 83.9 Å². The number of hydrogen-bond donors (Lipinski definition) is 0. The minimum atomic E-state index is -0.246. The molecule has 0 N–H and O–H groups in total. The zero-order valence-corrected chi connectivity index (χ0v) is 14.5. The summed E-state index contributed by atoms with van der Waals surface area (Å²) in [5.41, 5.74) is 3.02. The Hall–Kier alpha value is -2.95. The SMILES string of the molecule is CN(Cc1cnn(-c2ccccc2)c1)C(=O)C1CC1c1ccc(F)cc1. The minimum Gasteiger partial charge on any atom is -0.341 e. The van der Waals surface area contributed by atoms with Crippen LogP contribution in [0.4, 0.5) is 4.39 Å². The van der Waals surface area contributed by atoms with Crippen molar-refractivity contribution in [1.29, 1.82) is 0 Å². The van der Waals surface area contributed by atoms with E-state index in [4.69, 9.17) is 0 Å². The third kappa shape index (κ3) is 3.38. The van der Waals surface area contributed by atoms with Gasteiger partial charge in [-0.15, -0.1) is 0 Å². The summed E-state index contributed by atoms with van der Waals surface area (Å²) < 4.78 is 14.8. The first-order valence-electron chi connectivity index (χ1n) is 8.71.